The fourth-order valence-corrected chi connectivity index (χ4v) is 3.62. The van der Waals surface area contributed by atoms with Crippen LogP contribution >= 0.6 is 0 Å². The van der Waals surface area contributed by atoms with E-state index in [4.69, 9.17) is 9.47 Å². The van der Waals surface area contributed by atoms with Crippen molar-refractivity contribution in [1.82, 2.24) is 9.80 Å². The third kappa shape index (κ3) is 4.96. The maximum absolute atomic E-state index is 12.7. The van der Waals surface area contributed by atoms with Crippen LogP contribution in [0, 0.1) is 0 Å². The summed E-state index contributed by atoms with van der Waals surface area (Å²) in [5.41, 5.74) is 1.95. The molecule has 1 unspecified atom stereocenters. The number of hydrogen-bond acceptors (Lipinski definition) is 5. The molecule has 0 radical (unpaired) electrons. The molecule has 29 heavy (non-hydrogen) atoms. The molecule has 6 nitrogen and oxygen atoms in total. The molecule has 0 aromatic heterocycles. The Labute approximate surface area is 171 Å². The zero-order chi connectivity index (χ0) is 20.1. The number of fused-ring (bicyclic) bond motifs is 1. The molecule has 0 aliphatic carbocycles. The van der Waals surface area contributed by atoms with Crippen molar-refractivity contribution in [2.24, 2.45) is 0 Å². The van der Waals surface area contributed by atoms with Gasteiger partial charge in [-0.15, -0.1) is 0 Å². The normalized spacial score (nSPS) is 18.1. The van der Waals surface area contributed by atoms with Crippen LogP contribution in [-0.2, 0) is 4.79 Å². The van der Waals surface area contributed by atoms with E-state index >= 15 is 0 Å². The molecule has 0 saturated carbocycles. The summed E-state index contributed by atoms with van der Waals surface area (Å²) >= 11 is 0. The maximum Gasteiger partial charge on any atom is 0.241 e. The number of ether oxygens (including phenoxy) is 2. The molecule has 1 saturated heterocycles. The summed E-state index contributed by atoms with van der Waals surface area (Å²) in [7, 11) is 0. The second-order valence-electron chi connectivity index (χ2n) is 7.38. The number of anilines is 1. The molecule has 1 amide bonds. The van der Waals surface area contributed by atoms with E-state index in [0.717, 1.165) is 38.4 Å². The molecule has 0 bridgehead atoms. The highest BCUT2D eigenvalue weighted by Crippen LogP contribution is 2.34. The van der Waals surface area contributed by atoms with Crippen LogP contribution in [0.3, 0.4) is 0 Å². The van der Waals surface area contributed by atoms with E-state index in [0.29, 0.717) is 11.5 Å². The molecule has 2 aliphatic rings. The van der Waals surface area contributed by atoms with Crippen molar-refractivity contribution in [2.75, 3.05) is 44.8 Å². The molecule has 0 spiro atoms. The van der Waals surface area contributed by atoms with Crippen molar-refractivity contribution < 1.29 is 14.3 Å². The van der Waals surface area contributed by atoms with Crippen LogP contribution in [0.4, 0.5) is 5.69 Å². The van der Waals surface area contributed by atoms with Gasteiger partial charge < -0.3 is 14.8 Å². The van der Waals surface area contributed by atoms with E-state index in [1.165, 1.54) is 5.56 Å². The van der Waals surface area contributed by atoms with Gasteiger partial charge in [-0.25, -0.2) is 0 Å². The fraction of sp³-hybridized carbons (Fsp3) is 0.348. The number of benzene rings is 2. The Kier molecular flexibility index (Phi) is 6.12. The average molecular weight is 393 g/mol. The summed E-state index contributed by atoms with van der Waals surface area (Å²) in [5.74, 6) is 1.39. The zero-order valence-electron chi connectivity index (χ0n) is 16.7. The summed E-state index contributed by atoms with van der Waals surface area (Å²) in [6.45, 7) is 6.81. The third-order valence-corrected chi connectivity index (χ3v) is 5.45. The Morgan fingerprint density at radius 3 is 2.62 bits per heavy atom. The van der Waals surface area contributed by atoms with Gasteiger partial charge in [-0.1, -0.05) is 42.5 Å². The van der Waals surface area contributed by atoms with Gasteiger partial charge in [-0.3, -0.25) is 14.6 Å². The van der Waals surface area contributed by atoms with Crippen LogP contribution in [-0.4, -0.2) is 61.3 Å². The maximum atomic E-state index is 12.7. The summed E-state index contributed by atoms with van der Waals surface area (Å²) in [5, 5.41) is 2.99. The first-order chi connectivity index (χ1) is 14.2. The van der Waals surface area contributed by atoms with Crippen LogP contribution < -0.4 is 14.8 Å². The molecule has 2 heterocycles. The smallest absolute Gasteiger partial charge is 0.241 e. The molecule has 6 heteroatoms. The number of carbonyl (C=O) groups excluding carboxylic acids is 1. The van der Waals surface area contributed by atoms with Gasteiger partial charge in [0.25, 0.3) is 0 Å². The van der Waals surface area contributed by atoms with Crippen LogP contribution in [0.2, 0.25) is 0 Å². The van der Waals surface area contributed by atoms with Crippen molar-refractivity contribution in [2.45, 2.75) is 13.0 Å². The molecular formula is C23H27N3O3. The molecule has 2 aromatic carbocycles. The number of hydrogen-bond donors (Lipinski definition) is 1. The van der Waals surface area contributed by atoms with E-state index in [1.54, 1.807) is 0 Å². The zero-order valence-corrected chi connectivity index (χ0v) is 16.7. The predicted molar refractivity (Wildman–Crippen MR) is 114 cm³/mol. The van der Waals surface area contributed by atoms with Gasteiger partial charge in [-0.05, 0) is 24.6 Å². The second kappa shape index (κ2) is 9.11. The number of carbonyl (C=O) groups is 1. The van der Waals surface area contributed by atoms with Gasteiger partial charge in [0.05, 0.1) is 6.04 Å². The highest BCUT2D eigenvalue weighted by atomic mass is 16.7. The summed E-state index contributed by atoms with van der Waals surface area (Å²) in [4.78, 5) is 17.3. The second-order valence-corrected chi connectivity index (χ2v) is 7.38. The van der Waals surface area contributed by atoms with Gasteiger partial charge in [0.2, 0.25) is 12.7 Å². The Bertz CT molecular complexity index is 861. The van der Waals surface area contributed by atoms with Crippen molar-refractivity contribution in [3.05, 3.63) is 60.2 Å². The Morgan fingerprint density at radius 1 is 1.07 bits per heavy atom. The summed E-state index contributed by atoms with van der Waals surface area (Å²) in [6, 6.07) is 15.6. The number of nitrogens with zero attached hydrogens (tertiary/aromatic N) is 2. The van der Waals surface area contributed by atoms with E-state index in [9.17, 15) is 4.79 Å². The molecule has 4 rings (SSSR count). The van der Waals surface area contributed by atoms with Crippen LogP contribution in [0.5, 0.6) is 11.5 Å². The molecule has 1 atom stereocenters. The summed E-state index contributed by atoms with van der Waals surface area (Å²) < 4.78 is 10.7. The topological polar surface area (TPSA) is 54.0 Å². The number of nitrogens with one attached hydrogen (secondary N) is 1. The number of rotatable bonds is 6. The Morgan fingerprint density at radius 2 is 1.83 bits per heavy atom. The molecule has 152 valence electrons. The highest BCUT2D eigenvalue weighted by Gasteiger charge is 2.25. The van der Waals surface area contributed by atoms with E-state index in [1.807, 2.05) is 31.2 Å². The molecule has 2 aromatic rings. The lowest BCUT2D eigenvalue weighted by molar-refractivity contribution is -0.121. The summed E-state index contributed by atoms with van der Waals surface area (Å²) in [6.07, 6.45) is 4.37. The number of piperazine rings is 1. The van der Waals surface area contributed by atoms with E-state index in [2.05, 4.69) is 51.5 Å². The van der Waals surface area contributed by atoms with Crippen molar-refractivity contribution >= 4 is 17.7 Å². The first-order valence-corrected chi connectivity index (χ1v) is 10.1. The lowest BCUT2D eigenvalue weighted by Crippen LogP contribution is -2.52. The Hall–Kier alpha value is -2.83. The lowest BCUT2D eigenvalue weighted by atomic mass is 10.2. The lowest BCUT2D eigenvalue weighted by Gasteiger charge is -2.37. The highest BCUT2D eigenvalue weighted by molar-refractivity contribution is 5.94. The fourth-order valence-electron chi connectivity index (χ4n) is 3.62. The molecule has 1 N–H and O–H groups in total. The van der Waals surface area contributed by atoms with Gasteiger partial charge in [0, 0.05) is 44.5 Å². The number of amides is 1. The first-order valence-electron chi connectivity index (χ1n) is 10.1. The molecular weight excluding hydrogens is 366 g/mol. The van der Waals surface area contributed by atoms with E-state index in [-0.39, 0.29) is 18.7 Å². The largest absolute Gasteiger partial charge is 0.454 e. The van der Waals surface area contributed by atoms with Crippen molar-refractivity contribution in [1.29, 1.82) is 0 Å². The minimum atomic E-state index is -0.178. The standard InChI is InChI=1S/C23H27N3O3/c1-18(23(27)24-20-9-10-21-22(16-20)29-17-28-21)26-14-12-25(13-15-26)11-5-8-19-6-3-2-4-7-19/h2-10,16,18H,11-15,17H2,1H3,(H,24,27)/b8-5+. The molecule has 2 aliphatic heterocycles. The van der Waals surface area contributed by atoms with Crippen molar-refractivity contribution in [3.8, 4) is 11.5 Å². The Balaban J connectivity index is 1.23. The minimum Gasteiger partial charge on any atom is -0.454 e. The van der Waals surface area contributed by atoms with Crippen LogP contribution in [0.1, 0.15) is 12.5 Å². The average Bonchev–Trinajstić information content (AvgIpc) is 3.22. The first kappa shape index (κ1) is 19.5. The SMILES string of the molecule is CC(C(=O)Nc1ccc2c(c1)OCO2)N1CCN(C/C=C/c2ccccc2)CC1. The minimum absolute atomic E-state index is 0.00119. The van der Waals surface area contributed by atoms with Gasteiger partial charge >= 0.3 is 0 Å². The van der Waals surface area contributed by atoms with Gasteiger partial charge in [0.1, 0.15) is 0 Å². The monoisotopic (exact) mass is 393 g/mol. The third-order valence-electron chi connectivity index (χ3n) is 5.45. The quantitative estimate of drug-likeness (QED) is 0.818. The molecule has 1 fully saturated rings. The van der Waals surface area contributed by atoms with Crippen LogP contribution in [0.15, 0.2) is 54.6 Å². The van der Waals surface area contributed by atoms with Gasteiger partial charge in [-0.2, -0.15) is 0 Å². The van der Waals surface area contributed by atoms with Gasteiger partial charge in [0.15, 0.2) is 11.5 Å². The van der Waals surface area contributed by atoms with Crippen LogP contribution in [0.25, 0.3) is 6.08 Å². The van der Waals surface area contributed by atoms with Crippen molar-refractivity contribution in [3.63, 3.8) is 0 Å². The predicted octanol–water partition coefficient (Wildman–Crippen LogP) is 3.07. The van der Waals surface area contributed by atoms with E-state index < -0.39 is 0 Å².